The molecular weight excluding hydrogens is 162 g/mol. The molecule has 1 N–H and O–H groups in total. The molecule has 2 nitrogen and oxygen atoms in total. The first-order valence-electron chi connectivity index (χ1n) is 4.09. The van der Waals surface area contributed by atoms with Crippen LogP contribution in [0.2, 0.25) is 0 Å². The summed E-state index contributed by atoms with van der Waals surface area (Å²) in [6.07, 6.45) is 8.57. The molecule has 0 aliphatic carbocycles. The molecule has 0 amide bonds. The zero-order valence-corrected chi connectivity index (χ0v) is 7.03. The van der Waals surface area contributed by atoms with Crippen LogP contribution >= 0.6 is 0 Å². The van der Waals surface area contributed by atoms with Crippen molar-refractivity contribution in [1.29, 1.82) is 0 Å². The van der Waals surface area contributed by atoms with Crippen molar-refractivity contribution in [2.75, 3.05) is 5.32 Å². The molecule has 2 heteroatoms. The van der Waals surface area contributed by atoms with E-state index in [9.17, 15) is 4.79 Å². The third kappa shape index (κ3) is 1.51. The molecule has 0 radical (unpaired) electrons. The van der Waals surface area contributed by atoms with Crippen molar-refractivity contribution in [3.8, 4) is 0 Å². The molecule has 1 aliphatic rings. The van der Waals surface area contributed by atoms with Gasteiger partial charge in [0.2, 0.25) is 0 Å². The number of carbonyl (C=O) groups is 1. The van der Waals surface area contributed by atoms with Crippen LogP contribution in [0.4, 0.5) is 5.69 Å². The van der Waals surface area contributed by atoms with Crippen LogP contribution in [0.25, 0.3) is 6.08 Å². The van der Waals surface area contributed by atoms with E-state index in [-0.39, 0.29) is 0 Å². The average Bonchev–Trinajstić information content (AvgIpc) is 2.41. The molecule has 1 aromatic carbocycles. The van der Waals surface area contributed by atoms with E-state index in [4.69, 9.17) is 0 Å². The van der Waals surface area contributed by atoms with Crippen molar-refractivity contribution in [3.05, 3.63) is 47.7 Å². The van der Waals surface area contributed by atoms with E-state index in [1.807, 2.05) is 42.6 Å². The fourth-order valence-corrected chi connectivity index (χ4v) is 1.27. The number of fused-ring (bicyclic) bond motifs is 1. The number of nitrogens with one attached hydrogen (secondary N) is 1. The van der Waals surface area contributed by atoms with Crippen LogP contribution in [0.3, 0.4) is 0 Å². The molecule has 2 rings (SSSR count). The number of hydrogen-bond donors (Lipinski definition) is 1. The minimum Gasteiger partial charge on any atom is -0.361 e. The first kappa shape index (κ1) is 7.80. The summed E-state index contributed by atoms with van der Waals surface area (Å²) in [5, 5.41) is 3.10. The largest absolute Gasteiger partial charge is 0.361 e. The zero-order valence-electron chi connectivity index (χ0n) is 7.03. The lowest BCUT2D eigenvalue weighted by atomic mass is 10.1. The van der Waals surface area contributed by atoms with E-state index in [0.717, 1.165) is 17.5 Å². The molecule has 0 saturated carbocycles. The first-order valence-corrected chi connectivity index (χ1v) is 4.09. The third-order valence-corrected chi connectivity index (χ3v) is 1.94. The minimum atomic E-state index is 0.690. The van der Waals surface area contributed by atoms with E-state index in [1.54, 1.807) is 0 Å². The molecule has 0 saturated heterocycles. The fraction of sp³-hybridized carbons (Fsp3) is 0. The molecule has 0 aromatic heterocycles. The van der Waals surface area contributed by atoms with Crippen LogP contribution in [0, 0.1) is 0 Å². The first-order chi connectivity index (χ1) is 6.40. The second-order valence-corrected chi connectivity index (χ2v) is 2.83. The van der Waals surface area contributed by atoms with Gasteiger partial charge in [0.15, 0.2) is 0 Å². The van der Waals surface area contributed by atoms with Gasteiger partial charge in [0.1, 0.15) is 6.29 Å². The third-order valence-electron chi connectivity index (χ3n) is 1.94. The van der Waals surface area contributed by atoms with Crippen LogP contribution in [0.5, 0.6) is 0 Å². The van der Waals surface area contributed by atoms with Gasteiger partial charge >= 0.3 is 0 Å². The summed E-state index contributed by atoms with van der Waals surface area (Å²) >= 11 is 0. The zero-order chi connectivity index (χ0) is 9.10. The number of anilines is 1. The van der Waals surface area contributed by atoms with Crippen molar-refractivity contribution in [1.82, 2.24) is 0 Å². The molecule has 1 aromatic rings. The topological polar surface area (TPSA) is 29.1 Å². The number of benzene rings is 1. The second-order valence-electron chi connectivity index (χ2n) is 2.83. The highest BCUT2D eigenvalue weighted by Gasteiger charge is 2.00. The van der Waals surface area contributed by atoms with Gasteiger partial charge in [-0.15, -0.1) is 0 Å². The number of aldehydes is 1. The van der Waals surface area contributed by atoms with Gasteiger partial charge in [-0.2, -0.15) is 0 Å². The van der Waals surface area contributed by atoms with Gasteiger partial charge in [-0.3, -0.25) is 4.79 Å². The van der Waals surface area contributed by atoms with Crippen LogP contribution in [-0.2, 0) is 0 Å². The highest BCUT2D eigenvalue weighted by molar-refractivity contribution is 5.81. The Morgan fingerprint density at radius 3 is 3.00 bits per heavy atom. The van der Waals surface area contributed by atoms with E-state index in [2.05, 4.69) is 5.32 Å². The summed E-state index contributed by atoms with van der Waals surface area (Å²) < 4.78 is 0. The maximum atomic E-state index is 10.5. The second kappa shape index (κ2) is 3.27. The lowest BCUT2D eigenvalue weighted by molar-refractivity contribution is 0.112. The van der Waals surface area contributed by atoms with E-state index >= 15 is 0 Å². The number of rotatable bonds is 1. The number of allylic oxidation sites excluding steroid dienone is 2. The predicted molar refractivity (Wildman–Crippen MR) is 53.6 cm³/mol. The molecule has 0 bridgehead atoms. The fourth-order valence-electron chi connectivity index (χ4n) is 1.27. The van der Waals surface area contributed by atoms with Crippen molar-refractivity contribution in [2.45, 2.75) is 0 Å². The van der Waals surface area contributed by atoms with Crippen molar-refractivity contribution < 1.29 is 4.79 Å². The normalized spacial score (nSPS) is 12.9. The Labute approximate surface area is 76.6 Å². The molecule has 0 spiro atoms. The van der Waals surface area contributed by atoms with Gasteiger partial charge in [-0.1, -0.05) is 24.3 Å². The van der Waals surface area contributed by atoms with Gasteiger partial charge in [0.25, 0.3) is 0 Å². The van der Waals surface area contributed by atoms with Gasteiger partial charge in [-0.05, 0) is 17.7 Å². The molecule has 1 heterocycles. The maximum Gasteiger partial charge on any atom is 0.150 e. The van der Waals surface area contributed by atoms with Crippen LogP contribution in [0.1, 0.15) is 15.9 Å². The monoisotopic (exact) mass is 171 g/mol. The standard InChI is InChI=1S/C11H9NO/c13-8-9-4-5-10-3-1-2-6-12-11(10)7-9/h1-8,12H. The molecular formula is C11H9NO. The van der Waals surface area contributed by atoms with Gasteiger partial charge in [0.05, 0.1) is 0 Å². The van der Waals surface area contributed by atoms with E-state index in [1.165, 1.54) is 0 Å². The van der Waals surface area contributed by atoms with Crippen molar-refractivity contribution in [2.24, 2.45) is 0 Å². The van der Waals surface area contributed by atoms with Crippen molar-refractivity contribution in [3.63, 3.8) is 0 Å². The SMILES string of the molecule is O=Cc1ccc2c(c1)NC=CC=C2. The highest BCUT2D eigenvalue weighted by atomic mass is 16.1. The van der Waals surface area contributed by atoms with Crippen LogP contribution in [0.15, 0.2) is 36.6 Å². The Balaban J connectivity index is 2.51. The Morgan fingerprint density at radius 1 is 1.23 bits per heavy atom. The lowest BCUT2D eigenvalue weighted by Gasteiger charge is -2.04. The summed E-state index contributed by atoms with van der Waals surface area (Å²) in [6.45, 7) is 0. The van der Waals surface area contributed by atoms with Gasteiger partial charge in [-0.25, -0.2) is 0 Å². The molecule has 0 atom stereocenters. The van der Waals surface area contributed by atoms with Crippen LogP contribution in [-0.4, -0.2) is 6.29 Å². The van der Waals surface area contributed by atoms with Crippen LogP contribution < -0.4 is 5.32 Å². The quantitative estimate of drug-likeness (QED) is 0.657. The van der Waals surface area contributed by atoms with E-state index < -0.39 is 0 Å². The summed E-state index contributed by atoms with van der Waals surface area (Å²) in [6, 6.07) is 5.57. The molecule has 13 heavy (non-hydrogen) atoms. The number of hydrogen-bond acceptors (Lipinski definition) is 2. The minimum absolute atomic E-state index is 0.690. The molecule has 0 fully saturated rings. The Bertz CT molecular complexity index is 391. The van der Waals surface area contributed by atoms with Gasteiger partial charge < -0.3 is 5.32 Å². The Hall–Kier alpha value is -1.83. The van der Waals surface area contributed by atoms with Gasteiger partial charge in [0, 0.05) is 17.5 Å². The number of carbonyl (C=O) groups excluding carboxylic acids is 1. The van der Waals surface area contributed by atoms with E-state index in [0.29, 0.717) is 5.56 Å². The highest BCUT2D eigenvalue weighted by Crippen LogP contribution is 2.20. The predicted octanol–water partition coefficient (Wildman–Crippen LogP) is 2.45. The summed E-state index contributed by atoms with van der Waals surface area (Å²) in [5.41, 5.74) is 2.75. The molecule has 1 aliphatic heterocycles. The maximum absolute atomic E-state index is 10.5. The Morgan fingerprint density at radius 2 is 2.15 bits per heavy atom. The Kier molecular flexibility index (Phi) is 1.96. The molecule has 0 unspecified atom stereocenters. The lowest BCUT2D eigenvalue weighted by Crippen LogP contribution is -1.91. The smallest absolute Gasteiger partial charge is 0.150 e. The van der Waals surface area contributed by atoms with Crippen molar-refractivity contribution >= 4 is 18.0 Å². The molecule has 64 valence electrons. The summed E-state index contributed by atoms with van der Waals surface area (Å²) in [7, 11) is 0. The summed E-state index contributed by atoms with van der Waals surface area (Å²) in [4.78, 5) is 10.5. The average molecular weight is 171 g/mol. The summed E-state index contributed by atoms with van der Waals surface area (Å²) in [5.74, 6) is 0.